The fourth-order valence-corrected chi connectivity index (χ4v) is 2.49. The van der Waals surface area contributed by atoms with E-state index in [1.165, 1.54) is 7.11 Å². The molecule has 1 aliphatic carbocycles. The van der Waals surface area contributed by atoms with Gasteiger partial charge in [-0.1, -0.05) is 0 Å². The van der Waals surface area contributed by atoms with Gasteiger partial charge in [0.05, 0.1) is 20.1 Å². The van der Waals surface area contributed by atoms with Crippen LogP contribution in [0.5, 0.6) is 0 Å². The third-order valence-corrected chi connectivity index (χ3v) is 4.17. The van der Waals surface area contributed by atoms with Crippen LogP contribution in [-0.2, 0) is 14.3 Å². The van der Waals surface area contributed by atoms with Gasteiger partial charge >= 0.3 is 5.97 Å². The van der Waals surface area contributed by atoms with Crippen molar-refractivity contribution in [1.29, 1.82) is 0 Å². The van der Waals surface area contributed by atoms with Gasteiger partial charge in [-0.25, -0.2) is 0 Å². The molecule has 1 amide bonds. The average molecular weight is 283 g/mol. The SMILES string of the molecule is COC(=O)CCN1CCN(CC(=O)N(C)C2CC2)CC1. The molecule has 114 valence electrons. The summed E-state index contributed by atoms with van der Waals surface area (Å²) in [5.41, 5.74) is 0. The maximum atomic E-state index is 12.0. The van der Waals surface area contributed by atoms with E-state index in [-0.39, 0.29) is 11.9 Å². The maximum Gasteiger partial charge on any atom is 0.306 e. The standard InChI is InChI=1S/C14H25N3O3/c1-15(12-3-4-12)13(18)11-17-9-7-16(8-10-17)6-5-14(19)20-2/h12H,3-11H2,1-2H3. The zero-order valence-electron chi connectivity index (χ0n) is 12.5. The third-order valence-electron chi connectivity index (χ3n) is 4.17. The van der Waals surface area contributed by atoms with Crippen LogP contribution in [0, 0.1) is 0 Å². The fraction of sp³-hybridized carbons (Fsp3) is 0.857. The number of esters is 1. The Morgan fingerprint density at radius 3 is 2.30 bits per heavy atom. The minimum Gasteiger partial charge on any atom is -0.469 e. The molecule has 6 nitrogen and oxygen atoms in total. The van der Waals surface area contributed by atoms with Crippen LogP contribution in [-0.4, -0.2) is 86.0 Å². The van der Waals surface area contributed by atoms with Crippen molar-refractivity contribution in [3.63, 3.8) is 0 Å². The average Bonchev–Trinajstić information content (AvgIpc) is 3.29. The predicted octanol–water partition coefficient (Wildman–Crippen LogP) is -0.212. The van der Waals surface area contributed by atoms with Crippen molar-refractivity contribution in [2.24, 2.45) is 0 Å². The molecule has 0 radical (unpaired) electrons. The molecule has 6 heteroatoms. The van der Waals surface area contributed by atoms with Crippen LogP contribution < -0.4 is 0 Å². The van der Waals surface area contributed by atoms with Gasteiger partial charge < -0.3 is 14.5 Å². The molecule has 20 heavy (non-hydrogen) atoms. The quantitative estimate of drug-likeness (QED) is 0.631. The largest absolute Gasteiger partial charge is 0.469 e. The van der Waals surface area contributed by atoms with Crippen molar-refractivity contribution in [3.05, 3.63) is 0 Å². The lowest BCUT2D eigenvalue weighted by molar-refractivity contribution is -0.141. The highest BCUT2D eigenvalue weighted by Gasteiger charge is 2.30. The van der Waals surface area contributed by atoms with E-state index in [1.807, 2.05) is 11.9 Å². The van der Waals surface area contributed by atoms with Crippen molar-refractivity contribution in [2.45, 2.75) is 25.3 Å². The molecule has 2 aliphatic rings. The number of nitrogens with zero attached hydrogens (tertiary/aromatic N) is 3. The minimum atomic E-state index is -0.159. The number of amides is 1. The lowest BCUT2D eigenvalue weighted by Crippen LogP contribution is -2.50. The molecule has 1 saturated heterocycles. The summed E-state index contributed by atoms with van der Waals surface area (Å²) < 4.78 is 4.64. The molecule has 2 rings (SSSR count). The van der Waals surface area contributed by atoms with Gasteiger partial charge in [-0.15, -0.1) is 0 Å². The van der Waals surface area contributed by atoms with Crippen molar-refractivity contribution in [1.82, 2.24) is 14.7 Å². The Bertz CT molecular complexity index is 350. The summed E-state index contributed by atoms with van der Waals surface area (Å²) in [5, 5.41) is 0. The number of hydrogen-bond acceptors (Lipinski definition) is 5. The highest BCUT2D eigenvalue weighted by Crippen LogP contribution is 2.25. The second-order valence-corrected chi connectivity index (χ2v) is 5.68. The highest BCUT2D eigenvalue weighted by molar-refractivity contribution is 5.78. The molecular weight excluding hydrogens is 258 g/mol. The van der Waals surface area contributed by atoms with Crippen LogP contribution in [0.1, 0.15) is 19.3 Å². The number of carbonyl (C=O) groups excluding carboxylic acids is 2. The second kappa shape index (κ2) is 7.04. The van der Waals surface area contributed by atoms with E-state index in [1.54, 1.807) is 0 Å². The van der Waals surface area contributed by atoms with Gasteiger partial charge in [0.15, 0.2) is 0 Å². The van der Waals surface area contributed by atoms with E-state index in [0.717, 1.165) is 45.6 Å². The topological polar surface area (TPSA) is 53.1 Å². The van der Waals surface area contributed by atoms with Crippen LogP contribution in [0.25, 0.3) is 0 Å². The molecule has 1 saturated carbocycles. The number of rotatable bonds is 6. The van der Waals surface area contributed by atoms with Crippen molar-refractivity contribution in [3.8, 4) is 0 Å². The number of likely N-dealkylation sites (N-methyl/N-ethyl adjacent to an activating group) is 1. The molecule has 0 N–H and O–H groups in total. The molecular formula is C14H25N3O3. The molecule has 1 heterocycles. The molecule has 0 aromatic carbocycles. The molecule has 0 unspecified atom stereocenters. The highest BCUT2D eigenvalue weighted by atomic mass is 16.5. The summed E-state index contributed by atoms with van der Waals surface area (Å²) >= 11 is 0. The minimum absolute atomic E-state index is 0.159. The monoisotopic (exact) mass is 283 g/mol. The number of hydrogen-bond donors (Lipinski definition) is 0. The van der Waals surface area contributed by atoms with E-state index >= 15 is 0 Å². The van der Waals surface area contributed by atoms with Gasteiger partial charge in [0.1, 0.15) is 0 Å². The summed E-state index contributed by atoms with van der Waals surface area (Å²) in [6, 6.07) is 0.490. The number of methoxy groups -OCH3 is 1. The van der Waals surface area contributed by atoms with Crippen molar-refractivity contribution in [2.75, 3.05) is 53.4 Å². The van der Waals surface area contributed by atoms with Crippen LogP contribution in [0.3, 0.4) is 0 Å². The summed E-state index contributed by atoms with van der Waals surface area (Å²) in [7, 11) is 3.33. The first-order valence-corrected chi connectivity index (χ1v) is 7.37. The zero-order valence-corrected chi connectivity index (χ0v) is 12.5. The third kappa shape index (κ3) is 4.45. The Balaban J connectivity index is 1.63. The van der Waals surface area contributed by atoms with Crippen LogP contribution in [0.15, 0.2) is 0 Å². The maximum absolute atomic E-state index is 12.0. The molecule has 0 atom stereocenters. The van der Waals surface area contributed by atoms with E-state index in [4.69, 9.17) is 0 Å². The molecule has 1 aliphatic heterocycles. The van der Waals surface area contributed by atoms with E-state index in [9.17, 15) is 9.59 Å². The van der Waals surface area contributed by atoms with Gasteiger partial charge in [-0.3, -0.25) is 14.5 Å². The summed E-state index contributed by atoms with van der Waals surface area (Å²) in [6.45, 7) is 4.89. The van der Waals surface area contributed by atoms with E-state index in [0.29, 0.717) is 19.0 Å². The van der Waals surface area contributed by atoms with E-state index < -0.39 is 0 Å². The summed E-state index contributed by atoms with van der Waals surface area (Å²) in [4.78, 5) is 29.5. The van der Waals surface area contributed by atoms with Gasteiger partial charge in [-0.2, -0.15) is 0 Å². The number of ether oxygens (including phenoxy) is 1. The molecule has 0 aromatic rings. The van der Waals surface area contributed by atoms with Crippen LogP contribution in [0.2, 0.25) is 0 Å². The Labute approximate surface area is 120 Å². The normalized spacial score (nSPS) is 20.7. The summed E-state index contributed by atoms with van der Waals surface area (Å²) in [5.74, 6) is 0.0733. The Morgan fingerprint density at radius 2 is 1.75 bits per heavy atom. The van der Waals surface area contributed by atoms with E-state index in [2.05, 4.69) is 14.5 Å². The zero-order chi connectivity index (χ0) is 14.5. The predicted molar refractivity (Wildman–Crippen MR) is 75.3 cm³/mol. The van der Waals surface area contributed by atoms with Crippen LogP contribution >= 0.6 is 0 Å². The Hall–Kier alpha value is -1.14. The van der Waals surface area contributed by atoms with Crippen LogP contribution in [0.4, 0.5) is 0 Å². The van der Waals surface area contributed by atoms with Crippen molar-refractivity contribution >= 4 is 11.9 Å². The van der Waals surface area contributed by atoms with Gasteiger partial charge in [0.2, 0.25) is 5.91 Å². The lowest BCUT2D eigenvalue weighted by atomic mass is 10.3. The number of piperazine rings is 1. The molecule has 0 aromatic heterocycles. The Kier molecular flexibility index (Phi) is 5.37. The number of carbonyl (C=O) groups is 2. The first kappa shape index (κ1) is 15.3. The first-order valence-electron chi connectivity index (χ1n) is 7.37. The molecule has 2 fully saturated rings. The smallest absolute Gasteiger partial charge is 0.306 e. The summed E-state index contributed by atoms with van der Waals surface area (Å²) in [6.07, 6.45) is 2.76. The molecule has 0 bridgehead atoms. The Morgan fingerprint density at radius 1 is 1.15 bits per heavy atom. The van der Waals surface area contributed by atoms with Gasteiger partial charge in [0, 0.05) is 45.8 Å². The second-order valence-electron chi connectivity index (χ2n) is 5.68. The first-order chi connectivity index (χ1) is 9.60. The molecule has 0 spiro atoms. The van der Waals surface area contributed by atoms with Gasteiger partial charge in [0.25, 0.3) is 0 Å². The van der Waals surface area contributed by atoms with Crippen molar-refractivity contribution < 1.29 is 14.3 Å². The lowest BCUT2D eigenvalue weighted by Gasteiger charge is -2.34. The van der Waals surface area contributed by atoms with Gasteiger partial charge in [-0.05, 0) is 12.8 Å². The fourth-order valence-electron chi connectivity index (χ4n) is 2.49.